The molecule has 4 rings (SSSR count). The molecule has 28 heavy (non-hydrogen) atoms. The molecule has 0 saturated carbocycles. The molecule has 2 aromatic heterocycles. The quantitative estimate of drug-likeness (QED) is 0.685. The van der Waals surface area contributed by atoms with E-state index >= 15 is 0 Å². The fraction of sp³-hybridized carbons (Fsp3) is 0.318. The lowest BCUT2D eigenvalue weighted by Crippen LogP contribution is -2.39. The number of nitrogens with one attached hydrogen (secondary N) is 1. The molecular formula is C22H24N4OS. The number of piperidine rings is 1. The van der Waals surface area contributed by atoms with Crippen LogP contribution >= 0.6 is 11.3 Å². The van der Waals surface area contributed by atoms with Crippen LogP contribution in [0.2, 0.25) is 0 Å². The average Bonchev–Trinajstić information content (AvgIpc) is 3.14. The highest BCUT2D eigenvalue weighted by atomic mass is 32.1. The van der Waals surface area contributed by atoms with Crippen LogP contribution in [0.3, 0.4) is 0 Å². The lowest BCUT2D eigenvalue weighted by Gasteiger charge is -2.32. The zero-order chi connectivity index (χ0) is 19.5. The number of carbonyl (C=O) groups excluding carboxylic acids is 1. The van der Waals surface area contributed by atoms with E-state index in [-0.39, 0.29) is 11.8 Å². The van der Waals surface area contributed by atoms with Gasteiger partial charge in [-0.05, 0) is 62.6 Å². The number of thiophene rings is 1. The van der Waals surface area contributed by atoms with Gasteiger partial charge in [-0.25, -0.2) is 9.97 Å². The van der Waals surface area contributed by atoms with Crippen molar-refractivity contribution in [2.24, 2.45) is 0 Å². The van der Waals surface area contributed by atoms with Gasteiger partial charge in [-0.1, -0.05) is 12.1 Å². The van der Waals surface area contributed by atoms with Gasteiger partial charge in [0.05, 0.1) is 10.6 Å². The van der Waals surface area contributed by atoms with Gasteiger partial charge in [-0.2, -0.15) is 0 Å². The third-order valence-corrected chi connectivity index (χ3v) is 6.02. The van der Waals surface area contributed by atoms with Crippen LogP contribution in [0, 0.1) is 13.8 Å². The Kier molecular flexibility index (Phi) is 5.39. The van der Waals surface area contributed by atoms with Crippen LogP contribution in [0.4, 0.5) is 11.6 Å². The summed E-state index contributed by atoms with van der Waals surface area (Å²) in [6.07, 6.45) is 3.82. The standard InChI is InChI=1S/C22H24N4OS/c1-15-5-3-7-18(13-15)24-22-23-11-10-19(25-22)17-6-4-12-26(14-17)21(27)20-9-8-16(2)28-20/h3,5,7-11,13,17H,4,6,12,14H2,1-2H3,(H,23,24,25)/t17-/m1/s1. The van der Waals surface area contributed by atoms with Crippen molar-refractivity contribution in [2.45, 2.75) is 32.6 Å². The molecule has 1 atom stereocenters. The molecule has 0 radical (unpaired) electrons. The second-order valence-electron chi connectivity index (χ2n) is 7.30. The summed E-state index contributed by atoms with van der Waals surface area (Å²) in [5, 5.41) is 3.29. The molecular weight excluding hydrogens is 368 g/mol. The molecule has 0 spiro atoms. The first-order valence-electron chi connectivity index (χ1n) is 9.61. The zero-order valence-corrected chi connectivity index (χ0v) is 17.0. The van der Waals surface area contributed by atoms with E-state index in [4.69, 9.17) is 4.98 Å². The number of hydrogen-bond donors (Lipinski definition) is 1. The van der Waals surface area contributed by atoms with Crippen LogP contribution in [0.1, 0.15) is 44.6 Å². The number of aromatic nitrogens is 2. The van der Waals surface area contributed by atoms with Crippen molar-refractivity contribution >= 4 is 28.9 Å². The Morgan fingerprint density at radius 1 is 1.21 bits per heavy atom. The van der Waals surface area contributed by atoms with Crippen LogP contribution in [-0.2, 0) is 0 Å². The molecule has 5 nitrogen and oxygen atoms in total. The number of aryl methyl sites for hydroxylation is 2. The highest BCUT2D eigenvalue weighted by molar-refractivity contribution is 7.13. The Bertz CT molecular complexity index is 984. The van der Waals surface area contributed by atoms with E-state index in [0.717, 1.165) is 35.6 Å². The van der Waals surface area contributed by atoms with E-state index in [2.05, 4.69) is 29.4 Å². The van der Waals surface area contributed by atoms with Gasteiger partial charge in [0.1, 0.15) is 0 Å². The number of carbonyl (C=O) groups is 1. The third kappa shape index (κ3) is 4.22. The number of benzene rings is 1. The minimum absolute atomic E-state index is 0.134. The summed E-state index contributed by atoms with van der Waals surface area (Å²) >= 11 is 1.56. The van der Waals surface area contributed by atoms with Crippen LogP contribution < -0.4 is 5.32 Å². The summed E-state index contributed by atoms with van der Waals surface area (Å²) in [5.41, 5.74) is 3.15. The number of rotatable bonds is 4. The average molecular weight is 393 g/mol. The van der Waals surface area contributed by atoms with Crippen LogP contribution in [0.25, 0.3) is 0 Å². The fourth-order valence-corrected chi connectivity index (χ4v) is 4.46. The smallest absolute Gasteiger partial charge is 0.263 e. The van der Waals surface area contributed by atoms with Gasteiger partial charge in [0.2, 0.25) is 5.95 Å². The van der Waals surface area contributed by atoms with Crippen molar-refractivity contribution in [1.29, 1.82) is 0 Å². The molecule has 0 unspecified atom stereocenters. The van der Waals surface area contributed by atoms with E-state index in [9.17, 15) is 4.79 Å². The highest BCUT2D eigenvalue weighted by Crippen LogP contribution is 2.28. The predicted octanol–water partition coefficient (Wildman–Crippen LogP) is 4.92. The first kappa shape index (κ1) is 18.6. The van der Waals surface area contributed by atoms with Crippen molar-refractivity contribution in [1.82, 2.24) is 14.9 Å². The maximum atomic E-state index is 12.8. The molecule has 3 heterocycles. The summed E-state index contributed by atoms with van der Waals surface area (Å²) in [6, 6.07) is 14.1. The normalized spacial score (nSPS) is 16.8. The molecule has 1 amide bonds. The number of hydrogen-bond acceptors (Lipinski definition) is 5. The Morgan fingerprint density at radius 3 is 2.89 bits per heavy atom. The van der Waals surface area contributed by atoms with Gasteiger partial charge in [-0.15, -0.1) is 11.3 Å². The second-order valence-corrected chi connectivity index (χ2v) is 8.59. The minimum Gasteiger partial charge on any atom is -0.337 e. The second kappa shape index (κ2) is 8.10. The van der Waals surface area contributed by atoms with Crippen LogP contribution in [0.5, 0.6) is 0 Å². The maximum absolute atomic E-state index is 12.8. The Labute approximate surface area is 169 Å². The lowest BCUT2D eigenvalue weighted by atomic mass is 9.94. The van der Waals surface area contributed by atoms with Crippen molar-refractivity contribution < 1.29 is 4.79 Å². The van der Waals surface area contributed by atoms with Gasteiger partial charge >= 0.3 is 0 Å². The van der Waals surface area contributed by atoms with E-state index in [1.165, 1.54) is 10.4 Å². The topological polar surface area (TPSA) is 58.1 Å². The van der Waals surface area contributed by atoms with Crippen molar-refractivity contribution in [3.05, 3.63) is 69.7 Å². The Balaban J connectivity index is 1.48. The molecule has 144 valence electrons. The van der Waals surface area contributed by atoms with Gasteiger partial charge in [0.25, 0.3) is 5.91 Å². The monoisotopic (exact) mass is 392 g/mol. The van der Waals surface area contributed by atoms with E-state index in [0.29, 0.717) is 12.5 Å². The predicted molar refractivity (Wildman–Crippen MR) is 113 cm³/mol. The van der Waals surface area contributed by atoms with E-state index in [1.54, 1.807) is 17.5 Å². The Morgan fingerprint density at radius 2 is 2.11 bits per heavy atom. The van der Waals surface area contributed by atoms with Gasteiger partial charge in [0.15, 0.2) is 0 Å². The van der Waals surface area contributed by atoms with Gasteiger partial charge in [-0.3, -0.25) is 4.79 Å². The number of likely N-dealkylation sites (tertiary alicyclic amines) is 1. The highest BCUT2D eigenvalue weighted by Gasteiger charge is 2.27. The maximum Gasteiger partial charge on any atom is 0.263 e. The van der Waals surface area contributed by atoms with Crippen LogP contribution in [-0.4, -0.2) is 33.9 Å². The van der Waals surface area contributed by atoms with E-state index in [1.807, 2.05) is 42.2 Å². The number of nitrogens with zero attached hydrogens (tertiary/aromatic N) is 3. The summed E-state index contributed by atoms with van der Waals surface area (Å²) in [7, 11) is 0. The molecule has 1 fully saturated rings. The first-order valence-corrected chi connectivity index (χ1v) is 10.4. The molecule has 1 saturated heterocycles. The molecule has 6 heteroatoms. The SMILES string of the molecule is Cc1cccc(Nc2nccc([C@@H]3CCCN(C(=O)c4ccc(C)s4)C3)n2)c1. The van der Waals surface area contributed by atoms with Crippen molar-refractivity contribution in [3.8, 4) is 0 Å². The van der Waals surface area contributed by atoms with Gasteiger partial charge < -0.3 is 10.2 Å². The summed E-state index contributed by atoms with van der Waals surface area (Å²) in [6.45, 7) is 5.61. The van der Waals surface area contributed by atoms with Gasteiger partial charge in [0, 0.05) is 35.8 Å². The van der Waals surface area contributed by atoms with Crippen molar-refractivity contribution in [3.63, 3.8) is 0 Å². The molecule has 1 N–H and O–H groups in total. The zero-order valence-electron chi connectivity index (χ0n) is 16.2. The fourth-order valence-electron chi connectivity index (χ4n) is 3.62. The minimum atomic E-state index is 0.134. The van der Waals surface area contributed by atoms with Crippen molar-refractivity contribution in [2.75, 3.05) is 18.4 Å². The summed E-state index contributed by atoms with van der Waals surface area (Å²) in [5.74, 6) is 0.968. The molecule has 1 aliphatic heterocycles. The van der Waals surface area contributed by atoms with Crippen LogP contribution in [0.15, 0.2) is 48.7 Å². The summed E-state index contributed by atoms with van der Waals surface area (Å²) < 4.78 is 0. The molecule has 1 aliphatic rings. The van der Waals surface area contributed by atoms with E-state index < -0.39 is 0 Å². The first-order chi connectivity index (χ1) is 13.6. The molecule has 0 bridgehead atoms. The lowest BCUT2D eigenvalue weighted by molar-refractivity contribution is 0.0711. The summed E-state index contributed by atoms with van der Waals surface area (Å²) in [4.78, 5) is 25.9. The molecule has 0 aliphatic carbocycles. The largest absolute Gasteiger partial charge is 0.337 e. The molecule has 3 aromatic rings. The Hall–Kier alpha value is -2.73. The number of amides is 1. The molecule has 1 aromatic carbocycles. The third-order valence-electron chi connectivity index (χ3n) is 5.03. The number of anilines is 2.